The first kappa shape index (κ1) is 13.2. The van der Waals surface area contributed by atoms with Gasteiger partial charge in [0.1, 0.15) is 0 Å². The summed E-state index contributed by atoms with van der Waals surface area (Å²) in [5.41, 5.74) is 6.88. The van der Waals surface area contributed by atoms with Crippen LogP contribution in [-0.2, 0) is 0 Å². The zero-order chi connectivity index (χ0) is 13.2. The van der Waals surface area contributed by atoms with Crippen LogP contribution >= 0.6 is 0 Å². The molecule has 0 radical (unpaired) electrons. The van der Waals surface area contributed by atoms with Gasteiger partial charge in [0, 0.05) is 36.9 Å². The molecule has 1 saturated heterocycles. The fraction of sp³-hybridized carbons (Fsp3) is 0.692. The maximum atomic E-state index is 5.90. The average Bonchev–Trinajstić information content (AvgIpc) is 2.73. The Bertz CT molecular complexity index is 381. The Hall–Kier alpha value is -1.20. The third kappa shape index (κ3) is 3.65. The molecule has 1 aliphatic rings. The smallest absolute Gasteiger partial charge is 0.222 e. The van der Waals surface area contributed by atoms with E-state index in [4.69, 9.17) is 5.73 Å². The minimum absolute atomic E-state index is 0.254. The van der Waals surface area contributed by atoms with Crippen LogP contribution in [0.15, 0.2) is 12.4 Å². The topological polar surface area (TPSA) is 67.1 Å². The highest BCUT2D eigenvalue weighted by atomic mass is 15.1. The van der Waals surface area contributed by atoms with Crippen molar-refractivity contribution in [1.29, 1.82) is 0 Å². The van der Waals surface area contributed by atoms with E-state index in [9.17, 15) is 0 Å². The van der Waals surface area contributed by atoms with Crippen molar-refractivity contribution in [2.45, 2.75) is 31.7 Å². The summed E-state index contributed by atoms with van der Waals surface area (Å²) in [5, 5.41) is 3.15. The number of likely N-dealkylation sites (N-methyl/N-ethyl adjacent to an activating group) is 1. The predicted octanol–water partition coefficient (Wildman–Crippen LogP) is 1.04. The van der Waals surface area contributed by atoms with Crippen molar-refractivity contribution in [3.63, 3.8) is 0 Å². The molecule has 2 heterocycles. The van der Waals surface area contributed by atoms with Gasteiger partial charge in [-0.2, -0.15) is 0 Å². The van der Waals surface area contributed by atoms with E-state index in [0.717, 1.165) is 13.1 Å². The van der Waals surface area contributed by atoms with Crippen molar-refractivity contribution in [3.8, 4) is 0 Å². The number of nitrogens with two attached hydrogens (primary N) is 1. The van der Waals surface area contributed by atoms with Gasteiger partial charge in [-0.05, 0) is 39.4 Å². The second-order valence-corrected chi connectivity index (χ2v) is 5.93. The van der Waals surface area contributed by atoms with Gasteiger partial charge < -0.3 is 16.0 Å². The maximum Gasteiger partial charge on any atom is 0.222 e. The second-order valence-electron chi connectivity index (χ2n) is 5.93. The lowest BCUT2D eigenvalue weighted by molar-refractivity contribution is 0.411. The molecule has 0 spiro atoms. The minimum atomic E-state index is -0.254. The van der Waals surface area contributed by atoms with Gasteiger partial charge in [-0.25, -0.2) is 9.97 Å². The van der Waals surface area contributed by atoms with Gasteiger partial charge in [0.15, 0.2) is 0 Å². The van der Waals surface area contributed by atoms with Crippen LogP contribution in [0.2, 0.25) is 0 Å². The van der Waals surface area contributed by atoms with Gasteiger partial charge in [0.05, 0.1) is 0 Å². The van der Waals surface area contributed by atoms with Crippen LogP contribution in [0.3, 0.4) is 0 Å². The zero-order valence-corrected chi connectivity index (χ0v) is 11.5. The Kier molecular flexibility index (Phi) is 3.82. The second kappa shape index (κ2) is 5.20. The van der Waals surface area contributed by atoms with Crippen molar-refractivity contribution in [1.82, 2.24) is 14.9 Å². The molecule has 2 rings (SSSR count). The number of aromatic nitrogens is 2. The van der Waals surface area contributed by atoms with Crippen molar-refractivity contribution < 1.29 is 0 Å². The van der Waals surface area contributed by atoms with Crippen molar-refractivity contribution in [2.24, 2.45) is 5.73 Å². The molecule has 0 saturated carbocycles. The van der Waals surface area contributed by atoms with Crippen LogP contribution in [0.1, 0.15) is 31.7 Å². The Morgan fingerprint density at radius 1 is 1.44 bits per heavy atom. The van der Waals surface area contributed by atoms with Gasteiger partial charge in [0.25, 0.3) is 0 Å². The first-order valence-corrected chi connectivity index (χ1v) is 6.47. The molecule has 0 amide bonds. The summed E-state index contributed by atoms with van der Waals surface area (Å²) < 4.78 is 0. The normalized spacial score (nSPS) is 21.2. The molecule has 1 aromatic rings. The van der Waals surface area contributed by atoms with Gasteiger partial charge in [-0.15, -0.1) is 0 Å². The molecule has 1 aliphatic heterocycles. The summed E-state index contributed by atoms with van der Waals surface area (Å²) >= 11 is 0. The largest absolute Gasteiger partial charge is 0.352 e. The monoisotopic (exact) mass is 249 g/mol. The third-order valence-corrected chi connectivity index (χ3v) is 3.24. The Balaban J connectivity index is 1.93. The number of anilines is 1. The van der Waals surface area contributed by atoms with E-state index >= 15 is 0 Å². The highest BCUT2D eigenvalue weighted by molar-refractivity contribution is 5.27. The molecule has 5 nitrogen and oxygen atoms in total. The van der Waals surface area contributed by atoms with E-state index in [2.05, 4.69) is 27.2 Å². The van der Waals surface area contributed by atoms with Gasteiger partial charge in [-0.3, -0.25) is 0 Å². The zero-order valence-electron chi connectivity index (χ0n) is 11.5. The molecule has 5 heteroatoms. The lowest BCUT2D eigenvalue weighted by Gasteiger charge is -2.19. The summed E-state index contributed by atoms with van der Waals surface area (Å²) in [7, 11) is 2.15. The lowest BCUT2D eigenvalue weighted by Crippen LogP contribution is -2.39. The number of likely N-dealkylation sites (tertiary alicyclic amines) is 1. The summed E-state index contributed by atoms with van der Waals surface area (Å²) in [4.78, 5) is 11.1. The highest BCUT2D eigenvalue weighted by Crippen LogP contribution is 2.25. The van der Waals surface area contributed by atoms with E-state index in [-0.39, 0.29) is 5.54 Å². The molecule has 3 N–H and O–H groups in total. The number of hydrogen-bond donors (Lipinski definition) is 2. The minimum Gasteiger partial charge on any atom is -0.352 e. The molecule has 1 unspecified atom stereocenters. The summed E-state index contributed by atoms with van der Waals surface area (Å²) in [6.45, 7) is 6.88. The van der Waals surface area contributed by atoms with E-state index in [1.165, 1.54) is 12.0 Å². The van der Waals surface area contributed by atoms with Crippen LogP contribution in [0.5, 0.6) is 0 Å². The third-order valence-electron chi connectivity index (χ3n) is 3.24. The van der Waals surface area contributed by atoms with Gasteiger partial charge in [0.2, 0.25) is 5.95 Å². The van der Waals surface area contributed by atoms with Crippen LogP contribution in [0.4, 0.5) is 5.95 Å². The molecule has 1 atom stereocenters. The fourth-order valence-electron chi connectivity index (χ4n) is 2.15. The summed E-state index contributed by atoms with van der Waals surface area (Å²) in [6, 6.07) is 0. The highest BCUT2D eigenvalue weighted by Gasteiger charge is 2.21. The first-order chi connectivity index (χ1) is 8.44. The maximum absolute atomic E-state index is 5.90. The van der Waals surface area contributed by atoms with Crippen LogP contribution in [0.25, 0.3) is 0 Å². The molecule has 0 bridgehead atoms. The molecule has 0 aromatic carbocycles. The number of nitrogens with zero attached hydrogens (tertiary/aromatic N) is 3. The predicted molar refractivity (Wildman–Crippen MR) is 73.6 cm³/mol. The van der Waals surface area contributed by atoms with Crippen LogP contribution in [-0.4, -0.2) is 47.1 Å². The number of hydrogen-bond acceptors (Lipinski definition) is 5. The molecule has 1 fully saturated rings. The number of rotatable bonds is 4. The van der Waals surface area contributed by atoms with E-state index in [1.54, 1.807) is 0 Å². The van der Waals surface area contributed by atoms with E-state index in [0.29, 0.717) is 18.4 Å². The van der Waals surface area contributed by atoms with Crippen molar-refractivity contribution in [3.05, 3.63) is 18.0 Å². The average molecular weight is 249 g/mol. The Labute approximate surface area is 109 Å². The van der Waals surface area contributed by atoms with Gasteiger partial charge in [-0.1, -0.05) is 0 Å². The lowest BCUT2D eigenvalue weighted by atomic mass is 10.0. The molecule has 1 aromatic heterocycles. The molecule has 18 heavy (non-hydrogen) atoms. The standard InChI is InChI=1S/C13H23N5/c1-13(2,14)9-17-12-15-6-11(7-16-12)10-4-5-18(3)8-10/h6-7,10H,4-5,8-9,14H2,1-3H3,(H,15,16,17). The SMILES string of the molecule is CN1CCC(c2cnc(NCC(C)(C)N)nc2)C1. The summed E-state index contributed by atoms with van der Waals surface area (Å²) in [5.74, 6) is 1.23. The van der Waals surface area contributed by atoms with Crippen LogP contribution in [0, 0.1) is 0 Å². The molecule has 100 valence electrons. The quantitative estimate of drug-likeness (QED) is 0.834. The van der Waals surface area contributed by atoms with E-state index < -0.39 is 0 Å². The van der Waals surface area contributed by atoms with Gasteiger partial charge >= 0.3 is 0 Å². The molecular formula is C13H23N5. The number of nitrogens with one attached hydrogen (secondary N) is 1. The van der Waals surface area contributed by atoms with Crippen LogP contribution < -0.4 is 11.1 Å². The van der Waals surface area contributed by atoms with E-state index in [1.807, 2.05) is 26.2 Å². The fourth-order valence-corrected chi connectivity index (χ4v) is 2.15. The van der Waals surface area contributed by atoms with Crippen molar-refractivity contribution in [2.75, 3.05) is 32.0 Å². The molecule has 0 aliphatic carbocycles. The Morgan fingerprint density at radius 3 is 2.61 bits per heavy atom. The summed E-state index contributed by atoms with van der Waals surface area (Å²) in [6.07, 6.45) is 5.06. The van der Waals surface area contributed by atoms with Crippen molar-refractivity contribution >= 4 is 5.95 Å². The Morgan fingerprint density at radius 2 is 2.11 bits per heavy atom. The first-order valence-electron chi connectivity index (χ1n) is 6.47. The molecular weight excluding hydrogens is 226 g/mol.